The van der Waals surface area contributed by atoms with Crippen molar-refractivity contribution >= 4 is 18.3 Å². The molecule has 2 fully saturated rings. The number of nitrogens with one attached hydrogen (secondary N) is 2. The average Bonchev–Trinajstić information content (AvgIpc) is 2.40. The Hall–Kier alpha value is -1.33. The smallest absolute Gasteiger partial charge is 0.252 e. The van der Waals surface area contributed by atoms with Crippen LogP contribution in [0.1, 0.15) is 42.5 Å². The summed E-state index contributed by atoms with van der Waals surface area (Å²) < 4.78 is 0. The van der Waals surface area contributed by atoms with Crippen molar-refractivity contribution in [2.24, 2.45) is 17.6 Å². The molecule has 0 radical (unpaired) electrons. The SMILES string of the molecule is Cl.NC1CC2CCCC(C1)C2NC(=O)c1ccc(=O)[nH]c1. The van der Waals surface area contributed by atoms with Crippen molar-refractivity contribution in [1.29, 1.82) is 0 Å². The van der Waals surface area contributed by atoms with Crippen molar-refractivity contribution < 1.29 is 4.79 Å². The van der Waals surface area contributed by atoms with Crippen molar-refractivity contribution in [2.75, 3.05) is 0 Å². The van der Waals surface area contributed by atoms with Gasteiger partial charge in [-0.25, -0.2) is 0 Å². The lowest BCUT2D eigenvalue weighted by Crippen LogP contribution is -2.53. The van der Waals surface area contributed by atoms with E-state index in [0.717, 1.165) is 25.7 Å². The Bertz CT molecular complexity index is 526. The first kappa shape index (κ1) is 16.0. The van der Waals surface area contributed by atoms with Crippen LogP contribution in [0.3, 0.4) is 0 Å². The summed E-state index contributed by atoms with van der Waals surface area (Å²) in [6, 6.07) is 3.47. The number of hydrogen-bond acceptors (Lipinski definition) is 3. The summed E-state index contributed by atoms with van der Waals surface area (Å²) in [4.78, 5) is 25.8. The van der Waals surface area contributed by atoms with Gasteiger partial charge in [-0.05, 0) is 43.6 Å². The van der Waals surface area contributed by atoms with Crippen LogP contribution in [0.15, 0.2) is 23.1 Å². The topological polar surface area (TPSA) is 88.0 Å². The molecule has 5 nitrogen and oxygen atoms in total. The van der Waals surface area contributed by atoms with Gasteiger partial charge in [-0.1, -0.05) is 6.42 Å². The molecule has 1 amide bonds. The van der Waals surface area contributed by atoms with E-state index < -0.39 is 0 Å². The number of H-pyrrole nitrogens is 1. The lowest BCUT2D eigenvalue weighted by Gasteiger charge is -2.45. The highest BCUT2D eigenvalue weighted by Gasteiger charge is 2.39. The quantitative estimate of drug-likeness (QED) is 0.772. The van der Waals surface area contributed by atoms with Gasteiger partial charge >= 0.3 is 0 Å². The van der Waals surface area contributed by atoms with Gasteiger partial charge in [0.05, 0.1) is 5.56 Å². The van der Waals surface area contributed by atoms with Crippen molar-refractivity contribution in [2.45, 2.75) is 44.2 Å². The predicted molar refractivity (Wildman–Crippen MR) is 83.6 cm³/mol. The van der Waals surface area contributed by atoms with E-state index in [1.54, 1.807) is 6.07 Å². The summed E-state index contributed by atoms with van der Waals surface area (Å²) in [5.41, 5.74) is 6.41. The fraction of sp³-hybridized carbons (Fsp3) is 0.600. The molecule has 2 unspecified atom stereocenters. The molecule has 6 heteroatoms. The van der Waals surface area contributed by atoms with Gasteiger partial charge in [0.15, 0.2) is 0 Å². The number of fused-ring (bicyclic) bond motifs is 2. The van der Waals surface area contributed by atoms with Gasteiger partial charge in [0, 0.05) is 24.3 Å². The Morgan fingerprint density at radius 3 is 2.48 bits per heavy atom. The van der Waals surface area contributed by atoms with Crippen LogP contribution in [-0.2, 0) is 0 Å². The number of rotatable bonds is 2. The van der Waals surface area contributed by atoms with E-state index in [2.05, 4.69) is 10.3 Å². The maximum atomic E-state index is 12.3. The van der Waals surface area contributed by atoms with Crippen LogP contribution in [0, 0.1) is 11.8 Å². The molecule has 2 saturated carbocycles. The third kappa shape index (κ3) is 3.47. The Morgan fingerprint density at radius 2 is 1.90 bits per heavy atom. The lowest BCUT2D eigenvalue weighted by atomic mass is 9.67. The molecule has 0 aliphatic heterocycles. The number of carbonyl (C=O) groups excluding carboxylic acids is 1. The van der Waals surface area contributed by atoms with E-state index in [1.807, 2.05) is 0 Å². The predicted octanol–water partition coefficient (Wildman–Crippen LogP) is 1.43. The van der Waals surface area contributed by atoms with Crippen LogP contribution in [0.5, 0.6) is 0 Å². The molecular formula is C15H22ClN3O2. The molecule has 116 valence electrons. The summed E-state index contributed by atoms with van der Waals surface area (Å²) in [7, 11) is 0. The lowest BCUT2D eigenvalue weighted by molar-refractivity contribution is 0.0755. The number of aromatic amines is 1. The van der Waals surface area contributed by atoms with Crippen LogP contribution in [0.2, 0.25) is 0 Å². The minimum atomic E-state index is -0.193. The number of pyridine rings is 1. The Balaban J connectivity index is 0.00000161. The summed E-state index contributed by atoms with van der Waals surface area (Å²) in [6.45, 7) is 0. The highest BCUT2D eigenvalue weighted by Crippen LogP contribution is 2.39. The summed E-state index contributed by atoms with van der Waals surface area (Å²) in [5, 5.41) is 3.16. The largest absolute Gasteiger partial charge is 0.349 e. The van der Waals surface area contributed by atoms with Gasteiger partial charge in [0.1, 0.15) is 0 Å². The van der Waals surface area contributed by atoms with Gasteiger partial charge in [0.25, 0.3) is 5.91 Å². The van der Waals surface area contributed by atoms with E-state index in [4.69, 9.17) is 5.73 Å². The van der Waals surface area contributed by atoms with Crippen LogP contribution in [0.25, 0.3) is 0 Å². The molecule has 1 aromatic rings. The molecule has 1 heterocycles. The monoisotopic (exact) mass is 311 g/mol. The number of aromatic nitrogens is 1. The number of nitrogens with two attached hydrogens (primary N) is 1. The highest BCUT2D eigenvalue weighted by molar-refractivity contribution is 5.94. The fourth-order valence-electron chi connectivity index (χ4n) is 3.81. The molecule has 2 aliphatic carbocycles. The fourth-order valence-corrected chi connectivity index (χ4v) is 3.81. The molecular weight excluding hydrogens is 290 g/mol. The zero-order valence-corrected chi connectivity index (χ0v) is 12.7. The summed E-state index contributed by atoms with van der Waals surface area (Å²) in [5.74, 6) is 0.909. The van der Waals surface area contributed by atoms with Crippen LogP contribution in [-0.4, -0.2) is 23.0 Å². The van der Waals surface area contributed by atoms with E-state index in [0.29, 0.717) is 17.4 Å². The van der Waals surface area contributed by atoms with Crippen molar-refractivity contribution in [3.05, 3.63) is 34.2 Å². The third-order valence-corrected chi connectivity index (χ3v) is 4.72. The molecule has 0 aromatic carbocycles. The Morgan fingerprint density at radius 1 is 1.24 bits per heavy atom. The maximum absolute atomic E-state index is 12.3. The number of carbonyl (C=O) groups is 1. The zero-order chi connectivity index (χ0) is 14.1. The Labute approximate surface area is 130 Å². The van der Waals surface area contributed by atoms with Gasteiger partial charge in [-0.15, -0.1) is 12.4 Å². The van der Waals surface area contributed by atoms with E-state index in [9.17, 15) is 9.59 Å². The first-order valence-corrected chi connectivity index (χ1v) is 7.38. The second-order valence-corrected chi connectivity index (χ2v) is 6.12. The van der Waals surface area contributed by atoms with Gasteiger partial charge in [-0.3, -0.25) is 9.59 Å². The second-order valence-electron chi connectivity index (χ2n) is 6.12. The van der Waals surface area contributed by atoms with E-state index >= 15 is 0 Å². The molecule has 21 heavy (non-hydrogen) atoms. The van der Waals surface area contributed by atoms with Crippen molar-refractivity contribution in [3.63, 3.8) is 0 Å². The molecule has 2 atom stereocenters. The van der Waals surface area contributed by atoms with Crippen LogP contribution < -0.4 is 16.6 Å². The first-order chi connectivity index (χ1) is 9.63. The molecule has 2 aliphatic rings. The summed E-state index contributed by atoms with van der Waals surface area (Å²) >= 11 is 0. The third-order valence-electron chi connectivity index (χ3n) is 4.72. The average molecular weight is 312 g/mol. The van der Waals surface area contributed by atoms with Crippen LogP contribution >= 0.6 is 12.4 Å². The number of hydrogen-bond donors (Lipinski definition) is 3. The zero-order valence-electron chi connectivity index (χ0n) is 11.9. The molecule has 1 aromatic heterocycles. The van der Waals surface area contributed by atoms with Crippen LogP contribution in [0.4, 0.5) is 0 Å². The minimum Gasteiger partial charge on any atom is -0.349 e. The second kappa shape index (κ2) is 6.62. The molecule has 2 bridgehead atoms. The summed E-state index contributed by atoms with van der Waals surface area (Å²) in [6.07, 6.45) is 7.04. The molecule has 0 spiro atoms. The van der Waals surface area contributed by atoms with E-state index in [-0.39, 0.29) is 36.0 Å². The van der Waals surface area contributed by atoms with Crippen molar-refractivity contribution in [3.8, 4) is 0 Å². The van der Waals surface area contributed by atoms with E-state index in [1.165, 1.54) is 18.7 Å². The van der Waals surface area contributed by atoms with Gasteiger partial charge in [0.2, 0.25) is 5.56 Å². The van der Waals surface area contributed by atoms with Gasteiger partial charge in [-0.2, -0.15) is 0 Å². The number of halogens is 1. The first-order valence-electron chi connectivity index (χ1n) is 7.38. The minimum absolute atomic E-state index is 0. The molecule has 4 N–H and O–H groups in total. The highest BCUT2D eigenvalue weighted by atomic mass is 35.5. The number of amides is 1. The van der Waals surface area contributed by atoms with Crippen molar-refractivity contribution in [1.82, 2.24) is 10.3 Å². The molecule has 3 rings (SSSR count). The standard InChI is InChI=1S/C15H21N3O2.ClH/c16-12-6-9-2-1-3-10(7-12)14(9)18-15(20)11-4-5-13(19)17-8-11;/h4-5,8-10,12,14H,1-3,6-7,16H2,(H,17,19)(H,18,20);1H. The normalized spacial score (nSPS) is 31.1. The Kier molecular flexibility index (Phi) is 5.06. The maximum Gasteiger partial charge on any atom is 0.252 e. The van der Waals surface area contributed by atoms with Gasteiger partial charge < -0.3 is 16.0 Å². The molecule has 0 saturated heterocycles.